The van der Waals surface area contributed by atoms with Gasteiger partial charge in [0.25, 0.3) is 0 Å². The standard InChI is InChI=1S/C19H22N6O2S/c1-2-15-3-5-16(6-4-15)19-13-20-11-12-25(19)28(26,27)18-9-7-17(8-10-18)24-14-21-22-23-24/h3-10,14,19-20H,2,11-13H2,1H3. The van der Waals surface area contributed by atoms with Crippen molar-refractivity contribution in [3.63, 3.8) is 0 Å². The van der Waals surface area contributed by atoms with Crippen LogP contribution >= 0.6 is 0 Å². The van der Waals surface area contributed by atoms with E-state index in [1.165, 1.54) is 16.6 Å². The lowest BCUT2D eigenvalue weighted by Gasteiger charge is -2.35. The number of benzene rings is 2. The molecule has 4 rings (SSSR count). The average molecular weight is 398 g/mol. The highest BCUT2D eigenvalue weighted by Gasteiger charge is 2.34. The van der Waals surface area contributed by atoms with E-state index in [2.05, 4.69) is 39.9 Å². The molecule has 28 heavy (non-hydrogen) atoms. The highest BCUT2D eigenvalue weighted by molar-refractivity contribution is 7.89. The number of nitrogens with zero attached hydrogens (tertiary/aromatic N) is 5. The lowest BCUT2D eigenvalue weighted by atomic mass is 10.0. The summed E-state index contributed by atoms with van der Waals surface area (Å²) in [4.78, 5) is 0.265. The third kappa shape index (κ3) is 3.56. The zero-order valence-electron chi connectivity index (χ0n) is 15.6. The van der Waals surface area contributed by atoms with E-state index in [1.54, 1.807) is 28.6 Å². The number of aryl methyl sites for hydroxylation is 1. The normalized spacial score (nSPS) is 18.2. The van der Waals surface area contributed by atoms with Crippen molar-refractivity contribution in [1.29, 1.82) is 0 Å². The fraction of sp³-hybridized carbons (Fsp3) is 0.316. The molecule has 8 nitrogen and oxygen atoms in total. The molecule has 1 fully saturated rings. The van der Waals surface area contributed by atoms with Gasteiger partial charge in [-0.05, 0) is 52.2 Å². The third-order valence-corrected chi connectivity index (χ3v) is 6.95. The van der Waals surface area contributed by atoms with Crippen LogP contribution in [0.15, 0.2) is 59.8 Å². The molecule has 2 heterocycles. The average Bonchev–Trinajstić information content (AvgIpc) is 3.29. The zero-order chi connectivity index (χ0) is 19.6. The third-order valence-electron chi connectivity index (χ3n) is 5.02. The van der Waals surface area contributed by atoms with Gasteiger partial charge in [0.2, 0.25) is 10.0 Å². The molecule has 1 aliphatic rings. The molecule has 1 N–H and O–H groups in total. The minimum Gasteiger partial charge on any atom is -0.313 e. The van der Waals surface area contributed by atoms with Gasteiger partial charge in [0.15, 0.2) is 0 Å². The summed E-state index contributed by atoms with van der Waals surface area (Å²) >= 11 is 0. The lowest BCUT2D eigenvalue weighted by molar-refractivity contribution is 0.271. The van der Waals surface area contributed by atoms with Gasteiger partial charge in [-0.2, -0.15) is 4.31 Å². The van der Waals surface area contributed by atoms with Crippen molar-refractivity contribution in [1.82, 2.24) is 29.8 Å². The first-order chi connectivity index (χ1) is 13.6. The van der Waals surface area contributed by atoms with Crippen LogP contribution in [0.5, 0.6) is 0 Å². The minimum atomic E-state index is -3.63. The summed E-state index contributed by atoms with van der Waals surface area (Å²) < 4.78 is 29.8. The van der Waals surface area contributed by atoms with Crippen LogP contribution in [0.25, 0.3) is 5.69 Å². The predicted octanol–water partition coefficient (Wildman–Crippen LogP) is 1.56. The fourth-order valence-electron chi connectivity index (χ4n) is 3.42. The molecule has 1 saturated heterocycles. The van der Waals surface area contributed by atoms with Crippen LogP contribution in [0.4, 0.5) is 0 Å². The van der Waals surface area contributed by atoms with E-state index >= 15 is 0 Å². The molecule has 0 bridgehead atoms. The number of nitrogens with one attached hydrogen (secondary N) is 1. The monoisotopic (exact) mass is 398 g/mol. The van der Waals surface area contributed by atoms with Gasteiger partial charge in [0, 0.05) is 19.6 Å². The van der Waals surface area contributed by atoms with Gasteiger partial charge in [-0.25, -0.2) is 13.1 Å². The quantitative estimate of drug-likeness (QED) is 0.701. The van der Waals surface area contributed by atoms with Crippen LogP contribution in [-0.4, -0.2) is 52.6 Å². The molecular formula is C19H22N6O2S. The van der Waals surface area contributed by atoms with Gasteiger partial charge in [0.1, 0.15) is 6.33 Å². The van der Waals surface area contributed by atoms with Crippen LogP contribution in [-0.2, 0) is 16.4 Å². The second kappa shape index (κ2) is 7.78. The molecule has 0 saturated carbocycles. The molecule has 1 atom stereocenters. The smallest absolute Gasteiger partial charge is 0.243 e. The van der Waals surface area contributed by atoms with E-state index in [0.29, 0.717) is 25.3 Å². The van der Waals surface area contributed by atoms with Crippen LogP contribution in [0.1, 0.15) is 24.1 Å². The predicted molar refractivity (Wildman–Crippen MR) is 104 cm³/mol. The highest BCUT2D eigenvalue weighted by Crippen LogP contribution is 2.29. The molecule has 0 aliphatic carbocycles. The summed E-state index contributed by atoms with van der Waals surface area (Å²) in [5.74, 6) is 0. The largest absolute Gasteiger partial charge is 0.313 e. The number of sulfonamides is 1. The number of hydrogen-bond donors (Lipinski definition) is 1. The molecule has 3 aromatic rings. The van der Waals surface area contributed by atoms with E-state index in [1.807, 2.05) is 12.1 Å². The van der Waals surface area contributed by atoms with Crippen molar-refractivity contribution in [2.75, 3.05) is 19.6 Å². The summed E-state index contributed by atoms with van der Waals surface area (Å²) in [5.41, 5.74) is 2.94. The molecular weight excluding hydrogens is 376 g/mol. The lowest BCUT2D eigenvalue weighted by Crippen LogP contribution is -2.48. The Kier molecular flexibility index (Phi) is 5.21. The SMILES string of the molecule is CCc1ccc(C2CNCCN2S(=O)(=O)c2ccc(-n3cnnn3)cc2)cc1. The first kappa shape index (κ1) is 18.7. The molecule has 0 amide bonds. The van der Waals surface area contributed by atoms with Crippen molar-refractivity contribution in [3.05, 3.63) is 66.0 Å². The second-order valence-corrected chi connectivity index (χ2v) is 8.57. The van der Waals surface area contributed by atoms with Gasteiger partial charge in [-0.3, -0.25) is 0 Å². The van der Waals surface area contributed by atoms with Crippen LogP contribution in [0.2, 0.25) is 0 Å². The maximum atomic E-state index is 13.3. The zero-order valence-corrected chi connectivity index (χ0v) is 16.4. The van der Waals surface area contributed by atoms with E-state index in [0.717, 1.165) is 12.0 Å². The first-order valence-electron chi connectivity index (χ1n) is 9.24. The van der Waals surface area contributed by atoms with E-state index in [4.69, 9.17) is 0 Å². The van der Waals surface area contributed by atoms with Crippen molar-refractivity contribution in [2.45, 2.75) is 24.3 Å². The summed E-state index contributed by atoms with van der Waals surface area (Å²) in [7, 11) is -3.63. The van der Waals surface area contributed by atoms with Crippen molar-refractivity contribution in [2.24, 2.45) is 0 Å². The maximum absolute atomic E-state index is 13.3. The summed E-state index contributed by atoms with van der Waals surface area (Å²) in [6.07, 6.45) is 2.43. The first-order valence-corrected chi connectivity index (χ1v) is 10.7. The van der Waals surface area contributed by atoms with Gasteiger partial charge in [-0.1, -0.05) is 31.2 Å². The number of aromatic nitrogens is 4. The number of tetrazole rings is 1. The van der Waals surface area contributed by atoms with E-state index in [9.17, 15) is 8.42 Å². The van der Waals surface area contributed by atoms with Gasteiger partial charge in [0.05, 0.1) is 16.6 Å². The Morgan fingerprint density at radius 2 is 1.86 bits per heavy atom. The second-order valence-electron chi connectivity index (χ2n) is 6.68. The molecule has 9 heteroatoms. The van der Waals surface area contributed by atoms with Crippen LogP contribution in [0, 0.1) is 0 Å². The molecule has 1 unspecified atom stereocenters. The molecule has 1 aliphatic heterocycles. The Labute approximate surface area is 164 Å². The number of rotatable bonds is 5. The molecule has 2 aromatic carbocycles. The topological polar surface area (TPSA) is 93.0 Å². The fourth-order valence-corrected chi connectivity index (χ4v) is 5.03. The Morgan fingerprint density at radius 3 is 2.50 bits per heavy atom. The molecule has 0 spiro atoms. The Bertz CT molecular complexity index is 1020. The highest BCUT2D eigenvalue weighted by atomic mass is 32.2. The molecule has 0 radical (unpaired) electrons. The van der Waals surface area contributed by atoms with Crippen molar-refractivity contribution < 1.29 is 8.42 Å². The number of piperazine rings is 1. The van der Waals surface area contributed by atoms with Gasteiger partial charge in [-0.15, -0.1) is 5.10 Å². The Hall–Kier alpha value is -2.62. The van der Waals surface area contributed by atoms with Gasteiger partial charge < -0.3 is 5.32 Å². The Balaban J connectivity index is 1.64. The number of hydrogen-bond acceptors (Lipinski definition) is 6. The van der Waals surface area contributed by atoms with Crippen molar-refractivity contribution in [3.8, 4) is 5.69 Å². The van der Waals surface area contributed by atoms with Crippen LogP contribution < -0.4 is 5.32 Å². The Morgan fingerprint density at radius 1 is 1.11 bits per heavy atom. The van der Waals surface area contributed by atoms with Crippen molar-refractivity contribution >= 4 is 10.0 Å². The van der Waals surface area contributed by atoms with E-state index in [-0.39, 0.29) is 10.9 Å². The van der Waals surface area contributed by atoms with E-state index < -0.39 is 10.0 Å². The summed E-state index contributed by atoms with van der Waals surface area (Å²) in [6, 6.07) is 14.6. The molecule has 146 valence electrons. The molecule has 1 aromatic heterocycles. The van der Waals surface area contributed by atoms with Gasteiger partial charge >= 0.3 is 0 Å². The van der Waals surface area contributed by atoms with Crippen LogP contribution in [0.3, 0.4) is 0 Å². The summed E-state index contributed by atoms with van der Waals surface area (Å²) in [6.45, 7) is 3.75. The maximum Gasteiger partial charge on any atom is 0.243 e. The minimum absolute atomic E-state index is 0.233. The summed E-state index contributed by atoms with van der Waals surface area (Å²) in [5, 5.41) is 14.3.